The molecule has 25 heavy (non-hydrogen) atoms. The molecule has 0 N–H and O–H groups in total. The lowest BCUT2D eigenvalue weighted by Gasteiger charge is -2.33. The van der Waals surface area contributed by atoms with Gasteiger partial charge >= 0.3 is 0 Å². The number of amides is 1. The van der Waals surface area contributed by atoms with Crippen LogP contribution in [0.2, 0.25) is 0 Å². The maximum absolute atomic E-state index is 13.2. The van der Waals surface area contributed by atoms with Gasteiger partial charge in [-0.25, -0.2) is 4.98 Å². The Balaban J connectivity index is 1.65. The molecule has 0 bridgehead atoms. The number of carbonyl (C=O) groups excluding carboxylic acids is 1. The summed E-state index contributed by atoms with van der Waals surface area (Å²) in [5, 5.41) is 2.04. The normalized spacial score (nSPS) is 15.4. The molecule has 4 rings (SSSR count). The van der Waals surface area contributed by atoms with Gasteiger partial charge in [-0.3, -0.25) is 9.78 Å². The Hall–Kier alpha value is -2.31. The lowest BCUT2D eigenvalue weighted by atomic mass is 10.1. The van der Waals surface area contributed by atoms with Gasteiger partial charge in [0, 0.05) is 24.1 Å². The van der Waals surface area contributed by atoms with E-state index in [0.29, 0.717) is 25.5 Å². The highest BCUT2D eigenvalue weighted by Crippen LogP contribution is 2.22. The third-order valence-electron chi connectivity index (χ3n) is 4.47. The molecule has 1 aliphatic rings. The molecule has 128 valence electrons. The summed E-state index contributed by atoms with van der Waals surface area (Å²) in [5.74, 6) is -0.0569. The first-order valence-electron chi connectivity index (χ1n) is 8.44. The lowest BCUT2D eigenvalue weighted by Crippen LogP contribution is -2.43. The average molecular weight is 353 g/mol. The van der Waals surface area contributed by atoms with Crippen LogP contribution in [0.1, 0.15) is 28.2 Å². The topological polar surface area (TPSA) is 55.3 Å². The average Bonchev–Trinajstić information content (AvgIpc) is 3.19. The Morgan fingerprint density at radius 2 is 1.96 bits per heavy atom. The molecule has 3 aromatic rings. The summed E-state index contributed by atoms with van der Waals surface area (Å²) in [6, 6.07) is 11.9. The van der Waals surface area contributed by atoms with E-state index in [4.69, 9.17) is 4.74 Å². The third kappa shape index (κ3) is 3.55. The van der Waals surface area contributed by atoms with Gasteiger partial charge in [-0.1, -0.05) is 18.2 Å². The first kappa shape index (κ1) is 16.2. The minimum atomic E-state index is -0.0569. The SMILES string of the molecule is O=C(c1cnc2ccccc2n1)N(Cc1cccs1)C1CCOCC1. The van der Waals surface area contributed by atoms with E-state index < -0.39 is 0 Å². The van der Waals surface area contributed by atoms with Gasteiger partial charge in [-0.2, -0.15) is 0 Å². The van der Waals surface area contributed by atoms with Gasteiger partial charge in [0.05, 0.1) is 23.8 Å². The molecule has 1 aromatic carbocycles. The van der Waals surface area contributed by atoms with Gasteiger partial charge in [-0.15, -0.1) is 11.3 Å². The van der Waals surface area contributed by atoms with Crippen molar-refractivity contribution in [2.24, 2.45) is 0 Å². The van der Waals surface area contributed by atoms with Crippen LogP contribution in [0.25, 0.3) is 11.0 Å². The zero-order valence-corrected chi connectivity index (χ0v) is 14.6. The van der Waals surface area contributed by atoms with E-state index in [1.54, 1.807) is 17.5 Å². The molecule has 0 aliphatic carbocycles. The molecule has 0 atom stereocenters. The number of carbonyl (C=O) groups is 1. The number of para-hydroxylation sites is 2. The number of nitrogens with zero attached hydrogens (tertiary/aromatic N) is 3. The fourth-order valence-corrected chi connectivity index (χ4v) is 3.84. The number of thiophene rings is 1. The summed E-state index contributed by atoms with van der Waals surface area (Å²) < 4.78 is 5.46. The molecule has 1 aliphatic heterocycles. The van der Waals surface area contributed by atoms with E-state index in [-0.39, 0.29) is 11.9 Å². The number of hydrogen-bond acceptors (Lipinski definition) is 5. The van der Waals surface area contributed by atoms with Crippen molar-refractivity contribution in [2.45, 2.75) is 25.4 Å². The molecule has 1 amide bonds. The van der Waals surface area contributed by atoms with Crippen molar-refractivity contribution >= 4 is 28.3 Å². The maximum atomic E-state index is 13.2. The second kappa shape index (κ2) is 7.29. The summed E-state index contributed by atoms with van der Waals surface area (Å²) >= 11 is 1.67. The summed E-state index contributed by atoms with van der Waals surface area (Å²) in [6.45, 7) is 2.00. The van der Waals surface area contributed by atoms with Crippen LogP contribution in [-0.2, 0) is 11.3 Å². The molecule has 3 heterocycles. The molecular weight excluding hydrogens is 334 g/mol. The Morgan fingerprint density at radius 3 is 2.72 bits per heavy atom. The zero-order valence-electron chi connectivity index (χ0n) is 13.8. The minimum absolute atomic E-state index is 0.0569. The number of hydrogen-bond donors (Lipinski definition) is 0. The Kier molecular flexibility index (Phi) is 4.72. The van der Waals surface area contributed by atoms with Gasteiger partial charge in [0.25, 0.3) is 5.91 Å². The van der Waals surface area contributed by atoms with Crippen molar-refractivity contribution in [3.05, 3.63) is 58.5 Å². The highest BCUT2D eigenvalue weighted by Gasteiger charge is 2.28. The fourth-order valence-electron chi connectivity index (χ4n) is 3.14. The Morgan fingerprint density at radius 1 is 1.16 bits per heavy atom. The van der Waals surface area contributed by atoms with E-state index >= 15 is 0 Å². The summed E-state index contributed by atoms with van der Waals surface area (Å²) in [7, 11) is 0. The molecule has 5 nitrogen and oxygen atoms in total. The van der Waals surface area contributed by atoms with Gasteiger partial charge in [0.2, 0.25) is 0 Å². The van der Waals surface area contributed by atoms with Crippen LogP contribution in [0.3, 0.4) is 0 Å². The van der Waals surface area contributed by atoms with Crippen LogP contribution in [0.4, 0.5) is 0 Å². The minimum Gasteiger partial charge on any atom is -0.381 e. The van der Waals surface area contributed by atoms with Crippen molar-refractivity contribution in [1.29, 1.82) is 0 Å². The highest BCUT2D eigenvalue weighted by molar-refractivity contribution is 7.09. The second-order valence-corrected chi connectivity index (χ2v) is 7.13. The van der Waals surface area contributed by atoms with Crippen LogP contribution in [0.5, 0.6) is 0 Å². The zero-order chi connectivity index (χ0) is 17.1. The van der Waals surface area contributed by atoms with Crippen LogP contribution in [0, 0.1) is 0 Å². The Labute approximate surface area is 150 Å². The molecule has 1 fully saturated rings. The van der Waals surface area contributed by atoms with E-state index in [1.165, 1.54) is 4.88 Å². The summed E-state index contributed by atoms with van der Waals surface area (Å²) in [5.41, 5.74) is 1.95. The number of ether oxygens (including phenoxy) is 1. The quantitative estimate of drug-likeness (QED) is 0.720. The molecule has 0 radical (unpaired) electrons. The summed E-state index contributed by atoms with van der Waals surface area (Å²) in [6.07, 6.45) is 3.31. The van der Waals surface area contributed by atoms with Gasteiger partial charge in [-0.05, 0) is 36.4 Å². The van der Waals surface area contributed by atoms with Crippen LogP contribution >= 0.6 is 11.3 Å². The standard InChI is InChI=1S/C19H19N3O2S/c23-19(18-12-20-16-5-1-2-6-17(16)21-18)22(13-15-4-3-11-25-15)14-7-9-24-10-8-14/h1-6,11-12,14H,7-10,13H2. The van der Waals surface area contributed by atoms with E-state index in [9.17, 15) is 4.79 Å². The number of benzene rings is 1. The molecule has 0 saturated carbocycles. The lowest BCUT2D eigenvalue weighted by molar-refractivity contribution is 0.0266. The largest absolute Gasteiger partial charge is 0.381 e. The van der Waals surface area contributed by atoms with Gasteiger partial charge < -0.3 is 9.64 Å². The maximum Gasteiger partial charge on any atom is 0.274 e. The van der Waals surface area contributed by atoms with E-state index in [2.05, 4.69) is 16.0 Å². The van der Waals surface area contributed by atoms with Crippen molar-refractivity contribution in [2.75, 3.05) is 13.2 Å². The van der Waals surface area contributed by atoms with Crippen LogP contribution in [0.15, 0.2) is 48.0 Å². The number of aromatic nitrogens is 2. The third-order valence-corrected chi connectivity index (χ3v) is 5.33. The molecule has 6 heteroatoms. The van der Waals surface area contributed by atoms with Crippen molar-refractivity contribution in [1.82, 2.24) is 14.9 Å². The molecule has 2 aromatic heterocycles. The first-order chi connectivity index (χ1) is 12.3. The van der Waals surface area contributed by atoms with E-state index in [1.807, 2.05) is 40.6 Å². The van der Waals surface area contributed by atoms with Crippen molar-refractivity contribution < 1.29 is 9.53 Å². The van der Waals surface area contributed by atoms with Gasteiger partial charge in [0.15, 0.2) is 0 Å². The monoisotopic (exact) mass is 353 g/mol. The molecule has 0 spiro atoms. The predicted octanol–water partition coefficient (Wildman–Crippen LogP) is 3.51. The summed E-state index contributed by atoms with van der Waals surface area (Å²) in [4.78, 5) is 25.2. The molecular formula is C19H19N3O2S. The first-order valence-corrected chi connectivity index (χ1v) is 9.32. The number of rotatable bonds is 4. The fraction of sp³-hybridized carbons (Fsp3) is 0.316. The van der Waals surface area contributed by atoms with E-state index in [0.717, 1.165) is 23.9 Å². The molecule has 0 unspecified atom stereocenters. The van der Waals surface area contributed by atoms with Crippen LogP contribution in [-0.4, -0.2) is 40.0 Å². The molecule has 1 saturated heterocycles. The van der Waals surface area contributed by atoms with Gasteiger partial charge in [0.1, 0.15) is 5.69 Å². The predicted molar refractivity (Wildman–Crippen MR) is 97.6 cm³/mol. The van der Waals surface area contributed by atoms with Crippen molar-refractivity contribution in [3.63, 3.8) is 0 Å². The van der Waals surface area contributed by atoms with Crippen LogP contribution < -0.4 is 0 Å². The smallest absolute Gasteiger partial charge is 0.274 e. The second-order valence-electron chi connectivity index (χ2n) is 6.10. The van der Waals surface area contributed by atoms with Crippen molar-refractivity contribution in [3.8, 4) is 0 Å². The Bertz CT molecular complexity index is 860. The highest BCUT2D eigenvalue weighted by atomic mass is 32.1. The number of fused-ring (bicyclic) bond motifs is 1.